The highest BCUT2D eigenvalue weighted by Crippen LogP contribution is 2.11. The van der Waals surface area contributed by atoms with Crippen molar-refractivity contribution in [3.8, 4) is 0 Å². The van der Waals surface area contributed by atoms with E-state index in [1.807, 2.05) is 36.4 Å². The average molecular weight is 283 g/mol. The van der Waals surface area contributed by atoms with Crippen LogP contribution in [-0.2, 0) is 6.54 Å². The van der Waals surface area contributed by atoms with E-state index in [0.29, 0.717) is 18.3 Å². The summed E-state index contributed by atoms with van der Waals surface area (Å²) in [7, 11) is 0. The zero-order chi connectivity index (χ0) is 15.1. The van der Waals surface area contributed by atoms with E-state index in [-0.39, 0.29) is 5.91 Å². The molecule has 0 spiro atoms. The van der Waals surface area contributed by atoms with Crippen LogP contribution in [0.1, 0.15) is 36.3 Å². The SMILES string of the molecule is CCC(C)Nc1ccnc(C(=O)NCc2ccccc2)c1. The van der Waals surface area contributed by atoms with Gasteiger partial charge in [-0.2, -0.15) is 0 Å². The van der Waals surface area contributed by atoms with Crippen LogP contribution in [0.2, 0.25) is 0 Å². The van der Waals surface area contributed by atoms with Crippen molar-refractivity contribution in [2.24, 2.45) is 0 Å². The summed E-state index contributed by atoms with van der Waals surface area (Å²) in [6, 6.07) is 13.9. The monoisotopic (exact) mass is 283 g/mol. The highest BCUT2D eigenvalue weighted by molar-refractivity contribution is 5.93. The van der Waals surface area contributed by atoms with Crippen LogP contribution in [-0.4, -0.2) is 16.9 Å². The molecular formula is C17H21N3O. The zero-order valence-corrected chi connectivity index (χ0v) is 12.5. The van der Waals surface area contributed by atoms with E-state index in [1.54, 1.807) is 12.3 Å². The maximum Gasteiger partial charge on any atom is 0.270 e. The minimum atomic E-state index is -0.161. The van der Waals surface area contributed by atoms with E-state index in [9.17, 15) is 4.79 Å². The minimum Gasteiger partial charge on any atom is -0.382 e. The Kier molecular flexibility index (Phi) is 5.32. The molecule has 21 heavy (non-hydrogen) atoms. The number of aromatic nitrogens is 1. The third-order valence-corrected chi connectivity index (χ3v) is 3.31. The molecule has 1 aromatic heterocycles. The summed E-state index contributed by atoms with van der Waals surface area (Å²) >= 11 is 0. The third kappa shape index (κ3) is 4.60. The maximum absolute atomic E-state index is 12.1. The van der Waals surface area contributed by atoms with E-state index in [2.05, 4.69) is 29.5 Å². The van der Waals surface area contributed by atoms with Gasteiger partial charge in [0.05, 0.1) is 0 Å². The van der Waals surface area contributed by atoms with Crippen LogP contribution in [0.5, 0.6) is 0 Å². The van der Waals surface area contributed by atoms with Gasteiger partial charge in [0.25, 0.3) is 5.91 Å². The number of carbonyl (C=O) groups is 1. The highest BCUT2D eigenvalue weighted by atomic mass is 16.1. The first-order chi connectivity index (χ1) is 10.2. The molecule has 0 saturated heterocycles. The Morgan fingerprint density at radius 3 is 2.71 bits per heavy atom. The van der Waals surface area contributed by atoms with Crippen molar-refractivity contribution in [3.05, 3.63) is 59.9 Å². The number of hydrogen-bond acceptors (Lipinski definition) is 3. The molecule has 4 nitrogen and oxygen atoms in total. The lowest BCUT2D eigenvalue weighted by molar-refractivity contribution is 0.0946. The average Bonchev–Trinajstić information content (AvgIpc) is 2.53. The maximum atomic E-state index is 12.1. The Balaban J connectivity index is 1.97. The van der Waals surface area contributed by atoms with Gasteiger partial charge in [-0.3, -0.25) is 9.78 Å². The van der Waals surface area contributed by atoms with Gasteiger partial charge < -0.3 is 10.6 Å². The summed E-state index contributed by atoms with van der Waals surface area (Å²) < 4.78 is 0. The summed E-state index contributed by atoms with van der Waals surface area (Å²) in [4.78, 5) is 16.3. The lowest BCUT2D eigenvalue weighted by atomic mass is 10.2. The summed E-state index contributed by atoms with van der Waals surface area (Å²) in [6.07, 6.45) is 2.68. The van der Waals surface area contributed by atoms with E-state index >= 15 is 0 Å². The van der Waals surface area contributed by atoms with Gasteiger partial charge in [-0.1, -0.05) is 37.3 Å². The number of benzene rings is 1. The van der Waals surface area contributed by atoms with Gasteiger partial charge in [0.15, 0.2) is 0 Å². The van der Waals surface area contributed by atoms with Crippen molar-refractivity contribution in [1.82, 2.24) is 10.3 Å². The number of hydrogen-bond donors (Lipinski definition) is 2. The lowest BCUT2D eigenvalue weighted by Crippen LogP contribution is -2.24. The molecule has 0 saturated carbocycles. The second kappa shape index (κ2) is 7.43. The third-order valence-electron chi connectivity index (χ3n) is 3.31. The minimum absolute atomic E-state index is 0.161. The van der Waals surface area contributed by atoms with Crippen LogP contribution < -0.4 is 10.6 Å². The van der Waals surface area contributed by atoms with E-state index < -0.39 is 0 Å². The fraction of sp³-hybridized carbons (Fsp3) is 0.294. The summed E-state index contributed by atoms with van der Waals surface area (Å²) in [5, 5.41) is 6.22. The van der Waals surface area contributed by atoms with E-state index in [0.717, 1.165) is 17.7 Å². The van der Waals surface area contributed by atoms with Gasteiger partial charge in [-0.15, -0.1) is 0 Å². The number of amides is 1. The molecule has 2 N–H and O–H groups in total. The smallest absolute Gasteiger partial charge is 0.270 e. The van der Waals surface area contributed by atoms with Crippen LogP contribution in [0, 0.1) is 0 Å². The van der Waals surface area contributed by atoms with Crippen molar-refractivity contribution >= 4 is 11.6 Å². The molecule has 2 rings (SSSR count). The zero-order valence-electron chi connectivity index (χ0n) is 12.5. The highest BCUT2D eigenvalue weighted by Gasteiger charge is 2.08. The normalized spacial score (nSPS) is 11.7. The summed E-state index contributed by atoms with van der Waals surface area (Å²) in [5.41, 5.74) is 2.42. The van der Waals surface area contributed by atoms with Crippen LogP contribution in [0.3, 0.4) is 0 Å². The molecule has 110 valence electrons. The van der Waals surface area contributed by atoms with Crippen molar-refractivity contribution in [2.45, 2.75) is 32.9 Å². The molecule has 2 aromatic rings. The molecule has 1 unspecified atom stereocenters. The standard InChI is InChI=1S/C17H21N3O/c1-3-13(2)20-15-9-10-18-16(11-15)17(21)19-12-14-7-5-4-6-8-14/h4-11,13H,3,12H2,1-2H3,(H,18,20)(H,19,21). The molecule has 0 radical (unpaired) electrons. The van der Waals surface area contributed by atoms with Gasteiger partial charge in [0.2, 0.25) is 0 Å². The van der Waals surface area contributed by atoms with Crippen LogP contribution in [0.15, 0.2) is 48.7 Å². The fourth-order valence-electron chi connectivity index (χ4n) is 1.90. The fourth-order valence-corrected chi connectivity index (χ4v) is 1.90. The number of nitrogens with zero attached hydrogens (tertiary/aromatic N) is 1. The second-order valence-electron chi connectivity index (χ2n) is 5.05. The van der Waals surface area contributed by atoms with Crippen LogP contribution in [0.4, 0.5) is 5.69 Å². The molecule has 1 atom stereocenters. The van der Waals surface area contributed by atoms with Crippen molar-refractivity contribution in [3.63, 3.8) is 0 Å². The van der Waals surface area contributed by atoms with Crippen LogP contribution in [0.25, 0.3) is 0 Å². The van der Waals surface area contributed by atoms with Gasteiger partial charge in [-0.25, -0.2) is 0 Å². The molecule has 1 aromatic carbocycles. The van der Waals surface area contributed by atoms with Crippen molar-refractivity contribution in [1.29, 1.82) is 0 Å². The summed E-state index contributed by atoms with van der Waals surface area (Å²) in [6.45, 7) is 4.73. The molecule has 0 bridgehead atoms. The second-order valence-corrected chi connectivity index (χ2v) is 5.05. The number of carbonyl (C=O) groups excluding carboxylic acids is 1. The predicted molar refractivity (Wildman–Crippen MR) is 85.2 cm³/mol. The molecule has 4 heteroatoms. The van der Waals surface area contributed by atoms with Gasteiger partial charge in [0, 0.05) is 24.5 Å². The first-order valence-corrected chi connectivity index (χ1v) is 7.23. The Hall–Kier alpha value is -2.36. The van der Waals surface area contributed by atoms with Gasteiger partial charge >= 0.3 is 0 Å². The Morgan fingerprint density at radius 1 is 1.24 bits per heavy atom. The molecule has 0 aliphatic carbocycles. The van der Waals surface area contributed by atoms with Crippen molar-refractivity contribution in [2.75, 3.05) is 5.32 Å². The largest absolute Gasteiger partial charge is 0.382 e. The molecule has 1 amide bonds. The van der Waals surface area contributed by atoms with E-state index in [1.165, 1.54) is 0 Å². The molecule has 0 aliphatic heterocycles. The van der Waals surface area contributed by atoms with Gasteiger partial charge in [0.1, 0.15) is 5.69 Å². The topological polar surface area (TPSA) is 54.0 Å². The number of pyridine rings is 1. The quantitative estimate of drug-likeness (QED) is 0.856. The number of nitrogens with one attached hydrogen (secondary N) is 2. The Morgan fingerprint density at radius 2 is 2.00 bits per heavy atom. The lowest BCUT2D eigenvalue weighted by Gasteiger charge is -2.13. The molecule has 1 heterocycles. The number of anilines is 1. The number of rotatable bonds is 6. The predicted octanol–water partition coefficient (Wildman–Crippen LogP) is 3.22. The van der Waals surface area contributed by atoms with Crippen LogP contribution >= 0.6 is 0 Å². The van der Waals surface area contributed by atoms with E-state index in [4.69, 9.17) is 0 Å². The summed E-state index contributed by atoms with van der Waals surface area (Å²) in [5.74, 6) is -0.161. The molecule has 0 fully saturated rings. The van der Waals surface area contributed by atoms with Crippen molar-refractivity contribution < 1.29 is 4.79 Å². The molecule has 0 aliphatic rings. The first-order valence-electron chi connectivity index (χ1n) is 7.23. The Labute approximate surface area is 125 Å². The molecular weight excluding hydrogens is 262 g/mol. The van der Waals surface area contributed by atoms with Gasteiger partial charge in [-0.05, 0) is 31.0 Å². The Bertz CT molecular complexity index is 584. The first kappa shape index (κ1) is 15.0.